The predicted molar refractivity (Wildman–Crippen MR) is 61.0 cm³/mol. The molecule has 16 heavy (non-hydrogen) atoms. The molecule has 0 atom stereocenters. The zero-order valence-electron chi connectivity index (χ0n) is 8.62. The van der Waals surface area contributed by atoms with E-state index in [2.05, 4.69) is 4.98 Å². The summed E-state index contributed by atoms with van der Waals surface area (Å²) in [6.45, 7) is 0. The number of aromatic amines is 1. The molecule has 0 aliphatic rings. The van der Waals surface area contributed by atoms with Crippen molar-refractivity contribution in [3.63, 3.8) is 0 Å². The van der Waals surface area contributed by atoms with Gasteiger partial charge in [-0.1, -0.05) is 0 Å². The van der Waals surface area contributed by atoms with E-state index in [4.69, 9.17) is 0 Å². The monoisotopic (exact) mass is 216 g/mol. The fraction of sp³-hybridized carbons (Fsp3) is 0.0833. The quantitative estimate of drug-likeness (QED) is 0.614. The van der Waals surface area contributed by atoms with Crippen molar-refractivity contribution in [3.05, 3.63) is 46.6 Å². The van der Waals surface area contributed by atoms with Crippen molar-refractivity contribution in [3.8, 4) is 0 Å². The number of benzene rings is 1. The van der Waals surface area contributed by atoms with Crippen LogP contribution in [0.1, 0.15) is 0 Å². The van der Waals surface area contributed by atoms with Crippen LogP contribution in [-0.4, -0.2) is 9.55 Å². The lowest BCUT2D eigenvalue weighted by Crippen LogP contribution is -2.07. The number of fused-ring (bicyclic) bond motifs is 3. The number of nitrogens with zero attached hydrogens (tertiary/aromatic N) is 1. The van der Waals surface area contributed by atoms with E-state index in [0.29, 0.717) is 5.52 Å². The normalized spacial score (nSPS) is 11.4. The molecule has 0 radical (unpaired) electrons. The van der Waals surface area contributed by atoms with Crippen molar-refractivity contribution >= 4 is 21.8 Å². The van der Waals surface area contributed by atoms with E-state index in [-0.39, 0.29) is 11.4 Å². The van der Waals surface area contributed by atoms with E-state index in [1.807, 2.05) is 6.07 Å². The van der Waals surface area contributed by atoms with E-state index in [1.165, 1.54) is 12.1 Å². The van der Waals surface area contributed by atoms with Gasteiger partial charge in [0.05, 0.1) is 5.52 Å². The molecule has 3 aromatic rings. The first-order valence-electron chi connectivity index (χ1n) is 4.94. The van der Waals surface area contributed by atoms with Crippen LogP contribution < -0.4 is 5.56 Å². The van der Waals surface area contributed by atoms with Crippen molar-refractivity contribution in [2.75, 3.05) is 0 Å². The third-order valence-corrected chi connectivity index (χ3v) is 2.88. The molecule has 0 spiro atoms. The van der Waals surface area contributed by atoms with Crippen LogP contribution in [0.2, 0.25) is 0 Å². The highest BCUT2D eigenvalue weighted by Crippen LogP contribution is 2.25. The Hall–Kier alpha value is -2.10. The summed E-state index contributed by atoms with van der Waals surface area (Å²) in [6.07, 6.45) is 1.60. The minimum atomic E-state index is -0.296. The van der Waals surface area contributed by atoms with Crippen molar-refractivity contribution in [2.45, 2.75) is 0 Å². The number of hydrogen-bond donors (Lipinski definition) is 1. The van der Waals surface area contributed by atoms with Crippen LogP contribution in [0.25, 0.3) is 21.8 Å². The first-order valence-corrected chi connectivity index (χ1v) is 4.94. The Balaban J connectivity index is 2.70. The molecule has 0 bridgehead atoms. The molecule has 0 aliphatic carbocycles. The number of rotatable bonds is 0. The maximum Gasteiger partial charge on any atom is 0.272 e. The Labute approximate surface area is 90.1 Å². The molecule has 2 aromatic heterocycles. The molecule has 80 valence electrons. The average molecular weight is 216 g/mol. The van der Waals surface area contributed by atoms with Gasteiger partial charge in [-0.15, -0.1) is 0 Å². The van der Waals surface area contributed by atoms with Gasteiger partial charge in [0.1, 0.15) is 11.3 Å². The van der Waals surface area contributed by atoms with Crippen molar-refractivity contribution in [2.24, 2.45) is 7.05 Å². The van der Waals surface area contributed by atoms with Gasteiger partial charge in [0.2, 0.25) is 0 Å². The average Bonchev–Trinajstić information content (AvgIpc) is 2.54. The van der Waals surface area contributed by atoms with Gasteiger partial charge in [0.25, 0.3) is 5.56 Å². The zero-order valence-corrected chi connectivity index (χ0v) is 8.62. The highest BCUT2D eigenvalue weighted by atomic mass is 19.1. The van der Waals surface area contributed by atoms with Crippen LogP contribution in [0.5, 0.6) is 0 Å². The zero-order chi connectivity index (χ0) is 11.3. The Morgan fingerprint density at radius 1 is 1.25 bits per heavy atom. The van der Waals surface area contributed by atoms with Crippen molar-refractivity contribution in [1.82, 2.24) is 9.55 Å². The van der Waals surface area contributed by atoms with Crippen LogP contribution in [0.3, 0.4) is 0 Å². The van der Waals surface area contributed by atoms with Crippen LogP contribution in [0.4, 0.5) is 4.39 Å². The molecule has 0 saturated carbocycles. The van der Waals surface area contributed by atoms with Crippen molar-refractivity contribution < 1.29 is 4.39 Å². The van der Waals surface area contributed by atoms with Crippen LogP contribution in [0.15, 0.2) is 35.3 Å². The van der Waals surface area contributed by atoms with Gasteiger partial charge >= 0.3 is 0 Å². The van der Waals surface area contributed by atoms with Crippen molar-refractivity contribution in [1.29, 1.82) is 0 Å². The Kier molecular flexibility index (Phi) is 1.68. The second-order valence-electron chi connectivity index (χ2n) is 3.79. The van der Waals surface area contributed by atoms with E-state index in [9.17, 15) is 9.18 Å². The maximum absolute atomic E-state index is 13.1. The second-order valence-corrected chi connectivity index (χ2v) is 3.79. The first kappa shape index (κ1) is 9.15. The third kappa shape index (κ3) is 1.04. The van der Waals surface area contributed by atoms with Gasteiger partial charge in [-0.05, 0) is 24.3 Å². The molecule has 0 unspecified atom stereocenters. The Morgan fingerprint density at radius 2 is 2.06 bits per heavy atom. The SMILES string of the molecule is Cn1c2cc(F)ccc2c2cc[nH]c(=O)c21. The molecule has 3 nitrogen and oxygen atoms in total. The highest BCUT2D eigenvalue weighted by molar-refractivity contribution is 6.07. The number of H-pyrrole nitrogens is 1. The number of pyridine rings is 1. The van der Waals surface area contributed by atoms with Gasteiger partial charge in [-0.25, -0.2) is 4.39 Å². The lowest BCUT2D eigenvalue weighted by molar-refractivity contribution is 0.629. The number of hydrogen-bond acceptors (Lipinski definition) is 1. The fourth-order valence-electron chi connectivity index (χ4n) is 2.15. The molecule has 2 heterocycles. The second kappa shape index (κ2) is 2.95. The molecular formula is C12H9FN2O. The summed E-state index contributed by atoms with van der Waals surface area (Å²) < 4.78 is 14.9. The lowest BCUT2D eigenvalue weighted by Gasteiger charge is -1.96. The summed E-state index contributed by atoms with van der Waals surface area (Å²) in [5, 5.41) is 1.74. The number of nitrogens with one attached hydrogen (secondary N) is 1. The lowest BCUT2D eigenvalue weighted by atomic mass is 10.2. The van der Waals surface area contributed by atoms with Gasteiger partial charge in [0, 0.05) is 24.0 Å². The van der Waals surface area contributed by atoms with Gasteiger partial charge < -0.3 is 9.55 Å². The molecule has 0 amide bonds. The molecule has 1 N–H and O–H groups in total. The number of aromatic nitrogens is 2. The number of aryl methyl sites for hydroxylation is 1. The van der Waals surface area contributed by atoms with E-state index in [0.717, 1.165) is 16.3 Å². The molecule has 0 saturated heterocycles. The summed E-state index contributed by atoms with van der Waals surface area (Å²) in [7, 11) is 1.76. The summed E-state index contributed by atoms with van der Waals surface area (Å²) in [5.74, 6) is -0.296. The molecule has 3 rings (SSSR count). The highest BCUT2D eigenvalue weighted by Gasteiger charge is 2.10. The summed E-state index contributed by atoms with van der Waals surface area (Å²) in [6, 6.07) is 6.38. The van der Waals surface area contributed by atoms with Crippen LogP contribution in [-0.2, 0) is 7.05 Å². The molecule has 1 aromatic carbocycles. The summed E-state index contributed by atoms with van der Waals surface area (Å²) in [4.78, 5) is 14.3. The topological polar surface area (TPSA) is 37.8 Å². The Morgan fingerprint density at radius 3 is 2.88 bits per heavy atom. The molecular weight excluding hydrogens is 207 g/mol. The minimum absolute atomic E-state index is 0.156. The van der Waals surface area contributed by atoms with Gasteiger partial charge in [0.15, 0.2) is 0 Å². The van der Waals surface area contributed by atoms with E-state index >= 15 is 0 Å². The Bertz CT molecular complexity index is 755. The summed E-state index contributed by atoms with van der Waals surface area (Å²) >= 11 is 0. The maximum atomic E-state index is 13.1. The van der Waals surface area contributed by atoms with Gasteiger partial charge in [-0.2, -0.15) is 0 Å². The van der Waals surface area contributed by atoms with Gasteiger partial charge in [-0.3, -0.25) is 4.79 Å². The first-order chi connectivity index (χ1) is 7.68. The fourth-order valence-corrected chi connectivity index (χ4v) is 2.15. The molecule has 0 aliphatic heterocycles. The minimum Gasteiger partial charge on any atom is -0.339 e. The van der Waals surface area contributed by atoms with E-state index in [1.54, 1.807) is 23.9 Å². The number of halogens is 1. The van der Waals surface area contributed by atoms with E-state index < -0.39 is 0 Å². The van der Waals surface area contributed by atoms with Crippen LogP contribution in [0, 0.1) is 5.82 Å². The largest absolute Gasteiger partial charge is 0.339 e. The van der Waals surface area contributed by atoms with Crippen LogP contribution >= 0.6 is 0 Å². The summed E-state index contributed by atoms with van der Waals surface area (Å²) in [5.41, 5.74) is 1.14. The molecule has 4 heteroatoms. The molecule has 0 fully saturated rings. The predicted octanol–water partition coefficient (Wildman–Crippen LogP) is 2.16. The standard InChI is InChI=1S/C12H9FN2O/c1-15-10-6-7(13)2-3-8(10)9-4-5-14-12(16)11(9)15/h2-6H,1H3,(H,14,16). The third-order valence-electron chi connectivity index (χ3n) is 2.88. The smallest absolute Gasteiger partial charge is 0.272 e.